The van der Waals surface area contributed by atoms with Gasteiger partial charge in [-0.1, -0.05) is 63.1 Å². The topological polar surface area (TPSA) is 33.0 Å². The quantitative estimate of drug-likeness (QED) is 0.313. The van der Waals surface area contributed by atoms with Crippen LogP contribution in [0.4, 0.5) is 0 Å². The third kappa shape index (κ3) is 5.55. The van der Waals surface area contributed by atoms with Gasteiger partial charge in [0.1, 0.15) is 20.7 Å². The summed E-state index contributed by atoms with van der Waals surface area (Å²) in [5.41, 5.74) is 6.57. The lowest BCUT2D eigenvalue weighted by molar-refractivity contribution is 0.341. The number of hydrogen-bond acceptors (Lipinski definition) is 2. The van der Waals surface area contributed by atoms with Crippen LogP contribution in [0.1, 0.15) is 36.1 Å². The van der Waals surface area contributed by atoms with Crippen molar-refractivity contribution in [3.63, 3.8) is 0 Å². The molecule has 0 atom stereocenters. The predicted molar refractivity (Wildman–Crippen MR) is 121 cm³/mol. The molecule has 0 aromatic heterocycles. The normalized spacial score (nSPS) is 11.4. The predicted octanol–water partition coefficient (Wildman–Crippen LogP) is 6.38. The summed E-state index contributed by atoms with van der Waals surface area (Å²) in [6.45, 7) is 11.2. The monoisotopic (exact) mass is 429 g/mol. The van der Waals surface area contributed by atoms with Crippen LogP contribution in [0.5, 0.6) is 5.75 Å². The highest BCUT2D eigenvalue weighted by atomic mass is 35.5. The van der Waals surface area contributed by atoms with Crippen LogP contribution in [0, 0.1) is 22.8 Å². The number of alkyl halides is 1. The van der Waals surface area contributed by atoms with E-state index in [1.807, 2.05) is 12.1 Å². The maximum Gasteiger partial charge on any atom is 0.155 e. The van der Waals surface area contributed by atoms with E-state index in [4.69, 9.17) is 27.9 Å². The molecule has 0 unspecified atom stereocenters. The molecule has 2 rings (SSSR count). The van der Waals surface area contributed by atoms with Crippen LogP contribution >= 0.6 is 23.2 Å². The summed E-state index contributed by atoms with van der Waals surface area (Å²) in [6.07, 6.45) is 0. The van der Waals surface area contributed by atoms with Gasteiger partial charge in [-0.2, -0.15) is 5.26 Å². The molecule has 0 aliphatic rings. The molecule has 2 aromatic carbocycles. The molecule has 2 nitrogen and oxygen atoms in total. The second-order valence-electron chi connectivity index (χ2n) is 8.19. The van der Waals surface area contributed by atoms with E-state index in [0.29, 0.717) is 28.8 Å². The molecule has 5 heteroatoms. The van der Waals surface area contributed by atoms with Gasteiger partial charge in [-0.25, -0.2) is 0 Å². The molecule has 0 amide bonds. The summed E-state index contributed by atoms with van der Waals surface area (Å²) < 4.78 is 5.55. The first-order valence-corrected chi connectivity index (χ1v) is 13.6. The first kappa shape index (κ1) is 22.4. The van der Waals surface area contributed by atoms with E-state index in [-0.39, 0.29) is 5.41 Å². The van der Waals surface area contributed by atoms with Crippen molar-refractivity contribution in [3.05, 3.63) is 63.7 Å². The van der Waals surface area contributed by atoms with E-state index in [0.717, 1.165) is 16.7 Å². The summed E-state index contributed by atoms with van der Waals surface area (Å²) in [5, 5.41) is 9.95. The molecule has 0 bridgehead atoms. The van der Waals surface area contributed by atoms with Gasteiger partial charge in [0.05, 0.1) is 16.5 Å². The van der Waals surface area contributed by atoms with Crippen molar-refractivity contribution in [1.82, 2.24) is 0 Å². The highest BCUT2D eigenvalue weighted by Gasteiger charge is 2.26. The third-order valence-electron chi connectivity index (χ3n) is 4.40. The van der Waals surface area contributed by atoms with E-state index in [1.165, 1.54) is 0 Å². The van der Waals surface area contributed by atoms with Crippen LogP contribution in [0.2, 0.25) is 24.7 Å². The molecule has 28 heavy (non-hydrogen) atoms. The van der Waals surface area contributed by atoms with Gasteiger partial charge < -0.3 is 4.74 Å². The molecule has 0 saturated carbocycles. The Balaban J connectivity index is 2.40. The highest BCUT2D eigenvalue weighted by molar-refractivity contribution is 6.83. The van der Waals surface area contributed by atoms with E-state index in [2.05, 4.69) is 75.3 Å². The summed E-state index contributed by atoms with van der Waals surface area (Å²) in [6, 6.07) is 14.2. The minimum atomic E-state index is -1.40. The SMILES string of the molecule is CC(C)(c1ccc(C#C[Si](C)(C)C)cc1)c1cc(Cl)c(OCCCl)c(C#N)c1. The fourth-order valence-electron chi connectivity index (χ4n) is 2.72. The van der Waals surface area contributed by atoms with Crippen molar-refractivity contribution in [2.45, 2.75) is 38.9 Å². The van der Waals surface area contributed by atoms with Crippen molar-refractivity contribution in [2.75, 3.05) is 12.5 Å². The summed E-state index contributed by atoms with van der Waals surface area (Å²) in [7, 11) is -1.40. The van der Waals surface area contributed by atoms with E-state index in [9.17, 15) is 5.26 Å². The Morgan fingerprint density at radius 2 is 1.71 bits per heavy atom. The van der Waals surface area contributed by atoms with Gasteiger partial charge in [0.25, 0.3) is 0 Å². The molecule has 0 aliphatic heterocycles. The van der Waals surface area contributed by atoms with Crippen LogP contribution < -0.4 is 4.74 Å². The van der Waals surface area contributed by atoms with Gasteiger partial charge in [-0.15, -0.1) is 17.1 Å². The second-order valence-corrected chi connectivity index (χ2v) is 13.7. The second kappa shape index (κ2) is 9.06. The number of halogens is 2. The highest BCUT2D eigenvalue weighted by Crippen LogP contribution is 2.38. The number of nitriles is 1. The number of rotatable bonds is 5. The number of hydrogen-bond donors (Lipinski definition) is 0. The van der Waals surface area contributed by atoms with E-state index >= 15 is 0 Å². The Hall–Kier alpha value is -1.91. The molecule has 0 aliphatic carbocycles. The molecule has 0 spiro atoms. The van der Waals surface area contributed by atoms with Crippen molar-refractivity contribution >= 4 is 31.3 Å². The summed E-state index contributed by atoms with van der Waals surface area (Å²) in [4.78, 5) is 0. The number of benzene rings is 2. The van der Waals surface area contributed by atoms with Crippen LogP contribution in [0.25, 0.3) is 0 Å². The minimum Gasteiger partial charge on any atom is -0.489 e. The summed E-state index contributed by atoms with van der Waals surface area (Å²) in [5.74, 6) is 4.00. The van der Waals surface area contributed by atoms with Crippen molar-refractivity contribution in [3.8, 4) is 23.3 Å². The van der Waals surface area contributed by atoms with Gasteiger partial charge in [-0.3, -0.25) is 0 Å². The number of ether oxygens (including phenoxy) is 1. The molecule has 0 radical (unpaired) electrons. The van der Waals surface area contributed by atoms with E-state index < -0.39 is 8.07 Å². The van der Waals surface area contributed by atoms with Gasteiger partial charge in [0.2, 0.25) is 0 Å². The Labute approximate surface area is 179 Å². The van der Waals surface area contributed by atoms with Crippen LogP contribution in [0.3, 0.4) is 0 Å². The van der Waals surface area contributed by atoms with Crippen LogP contribution in [-0.4, -0.2) is 20.6 Å². The molecule has 0 heterocycles. The molecular formula is C23H25Cl2NOSi. The molecule has 0 saturated heterocycles. The maximum absolute atomic E-state index is 9.53. The lowest BCUT2D eigenvalue weighted by Crippen LogP contribution is -2.19. The molecule has 2 aromatic rings. The maximum atomic E-state index is 9.53. The Morgan fingerprint density at radius 1 is 1.07 bits per heavy atom. The van der Waals surface area contributed by atoms with Gasteiger partial charge >= 0.3 is 0 Å². The Morgan fingerprint density at radius 3 is 2.25 bits per heavy atom. The zero-order chi connectivity index (χ0) is 20.9. The Bertz CT molecular complexity index is 942. The van der Waals surface area contributed by atoms with Crippen molar-refractivity contribution < 1.29 is 4.74 Å². The first-order valence-electron chi connectivity index (χ1n) is 9.15. The molecule has 0 fully saturated rings. The van der Waals surface area contributed by atoms with Gasteiger partial charge in [-0.05, 0) is 35.4 Å². The lowest BCUT2D eigenvalue weighted by atomic mass is 9.77. The average molecular weight is 430 g/mol. The smallest absolute Gasteiger partial charge is 0.155 e. The largest absolute Gasteiger partial charge is 0.489 e. The molecule has 146 valence electrons. The third-order valence-corrected chi connectivity index (χ3v) is 5.71. The van der Waals surface area contributed by atoms with Gasteiger partial charge in [0.15, 0.2) is 5.75 Å². The number of nitrogens with zero attached hydrogens (tertiary/aromatic N) is 1. The first-order chi connectivity index (χ1) is 13.1. The average Bonchev–Trinajstić information content (AvgIpc) is 2.64. The lowest BCUT2D eigenvalue weighted by Gasteiger charge is -2.27. The van der Waals surface area contributed by atoms with Crippen LogP contribution in [0.15, 0.2) is 36.4 Å². The van der Waals surface area contributed by atoms with E-state index in [1.54, 1.807) is 0 Å². The zero-order valence-corrected chi connectivity index (χ0v) is 19.5. The Kier molecular flexibility index (Phi) is 7.24. The fourth-order valence-corrected chi connectivity index (χ4v) is 3.59. The van der Waals surface area contributed by atoms with Gasteiger partial charge in [0, 0.05) is 11.0 Å². The fraction of sp³-hybridized carbons (Fsp3) is 0.348. The zero-order valence-electron chi connectivity index (χ0n) is 17.0. The standard InChI is InChI=1S/C23H25Cl2NOSi/c1-23(2,19-8-6-17(7-9-19)10-13-28(3,4)5)20-14-18(16-26)22(21(25)15-20)27-12-11-24/h6-9,14-15H,11-12H2,1-5H3. The minimum absolute atomic E-state index is 0.304. The van der Waals surface area contributed by atoms with Crippen LogP contribution in [-0.2, 0) is 5.41 Å². The van der Waals surface area contributed by atoms with Crippen molar-refractivity contribution in [1.29, 1.82) is 5.26 Å². The molecule has 0 N–H and O–H groups in total. The van der Waals surface area contributed by atoms with Crippen molar-refractivity contribution in [2.24, 2.45) is 0 Å². The summed E-state index contributed by atoms with van der Waals surface area (Å²) >= 11 is 12.1. The molecular weight excluding hydrogens is 405 g/mol.